The van der Waals surface area contributed by atoms with E-state index in [2.05, 4.69) is 26.2 Å². The van der Waals surface area contributed by atoms with Crippen molar-refractivity contribution in [3.05, 3.63) is 46.7 Å². The Morgan fingerprint density at radius 1 is 1.17 bits per heavy atom. The molecule has 92 valence electrons. The highest BCUT2D eigenvalue weighted by atomic mass is 79.9. The van der Waals surface area contributed by atoms with Crippen LogP contribution in [-0.4, -0.2) is 21.1 Å². The molecule has 0 unspecified atom stereocenters. The maximum absolute atomic E-state index is 11.8. The minimum Gasteiger partial charge on any atom is -0.504 e. The number of nitrogens with zero attached hydrogens (tertiary/aromatic N) is 1. The number of carbonyl (C=O) groups excluding carboxylic acids is 1. The third kappa shape index (κ3) is 2.78. The smallest absolute Gasteiger partial charge is 0.255 e. The van der Waals surface area contributed by atoms with Gasteiger partial charge in [-0.2, -0.15) is 0 Å². The largest absolute Gasteiger partial charge is 0.504 e. The summed E-state index contributed by atoms with van der Waals surface area (Å²) in [5.41, 5.74) is 0.781. The van der Waals surface area contributed by atoms with Gasteiger partial charge < -0.3 is 15.5 Å². The average molecular weight is 309 g/mol. The fourth-order valence-corrected chi connectivity index (χ4v) is 1.55. The number of aromatic hydroxyl groups is 2. The summed E-state index contributed by atoms with van der Waals surface area (Å²) < 4.78 is 0.669. The zero-order valence-corrected chi connectivity index (χ0v) is 10.7. The fourth-order valence-electron chi connectivity index (χ4n) is 1.32. The zero-order valence-electron chi connectivity index (χ0n) is 9.09. The number of hydrogen-bond donors (Lipinski definition) is 3. The summed E-state index contributed by atoms with van der Waals surface area (Å²) in [5.74, 6) is -0.997. The Kier molecular flexibility index (Phi) is 3.47. The molecule has 18 heavy (non-hydrogen) atoms. The molecule has 6 heteroatoms. The Morgan fingerprint density at radius 3 is 2.56 bits per heavy atom. The Balaban J connectivity index is 2.16. The number of halogens is 1. The first kappa shape index (κ1) is 12.4. The SMILES string of the molecule is O=C(Nc1ccc(Br)nc1)c1ccc(O)c(O)c1. The van der Waals surface area contributed by atoms with Crippen LogP contribution in [0.5, 0.6) is 11.5 Å². The molecule has 0 aliphatic rings. The molecular weight excluding hydrogens is 300 g/mol. The lowest BCUT2D eigenvalue weighted by atomic mass is 10.2. The molecule has 1 aromatic heterocycles. The van der Waals surface area contributed by atoms with Crippen molar-refractivity contribution in [1.82, 2.24) is 4.98 Å². The molecule has 0 atom stereocenters. The standard InChI is InChI=1S/C12H9BrN2O3/c13-11-4-2-8(6-14-11)15-12(18)7-1-3-9(16)10(17)5-7/h1-6,16-17H,(H,15,18). The molecule has 0 saturated heterocycles. The van der Waals surface area contributed by atoms with Gasteiger partial charge in [-0.15, -0.1) is 0 Å². The highest BCUT2D eigenvalue weighted by Crippen LogP contribution is 2.25. The number of phenolic OH excluding ortho intramolecular Hbond substituents is 2. The first-order valence-electron chi connectivity index (χ1n) is 5.01. The van der Waals surface area contributed by atoms with E-state index in [1.54, 1.807) is 12.1 Å². The predicted octanol–water partition coefficient (Wildman–Crippen LogP) is 2.51. The van der Waals surface area contributed by atoms with E-state index < -0.39 is 5.91 Å². The van der Waals surface area contributed by atoms with Crippen LogP contribution in [0.4, 0.5) is 5.69 Å². The second-order valence-electron chi connectivity index (χ2n) is 3.53. The van der Waals surface area contributed by atoms with Crippen LogP contribution in [0.1, 0.15) is 10.4 Å². The number of amides is 1. The third-order valence-corrected chi connectivity index (χ3v) is 2.69. The van der Waals surface area contributed by atoms with Gasteiger partial charge >= 0.3 is 0 Å². The highest BCUT2D eigenvalue weighted by molar-refractivity contribution is 9.10. The molecule has 0 bridgehead atoms. The molecule has 0 spiro atoms. The number of anilines is 1. The van der Waals surface area contributed by atoms with Crippen LogP contribution in [0.15, 0.2) is 41.1 Å². The summed E-state index contributed by atoms with van der Waals surface area (Å²) in [7, 11) is 0. The second-order valence-corrected chi connectivity index (χ2v) is 4.34. The Bertz CT molecular complexity index is 584. The lowest BCUT2D eigenvalue weighted by Crippen LogP contribution is -2.11. The molecule has 0 aliphatic heterocycles. The predicted molar refractivity (Wildman–Crippen MR) is 69.7 cm³/mol. The first-order chi connectivity index (χ1) is 8.56. The van der Waals surface area contributed by atoms with Crippen molar-refractivity contribution < 1.29 is 15.0 Å². The van der Waals surface area contributed by atoms with Crippen molar-refractivity contribution >= 4 is 27.5 Å². The third-order valence-electron chi connectivity index (χ3n) is 2.22. The maximum atomic E-state index is 11.8. The van der Waals surface area contributed by atoms with Gasteiger partial charge in [-0.3, -0.25) is 4.79 Å². The lowest BCUT2D eigenvalue weighted by molar-refractivity contribution is 0.102. The van der Waals surface area contributed by atoms with E-state index in [9.17, 15) is 9.90 Å². The van der Waals surface area contributed by atoms with E-state index in [4.69, 9.17) is 5.11 Å². The number of carbonyl (C=O) groups is 1. The van der Waals surface area contributed by atoms with Gasteiger partial charge in [-0.05, 0) is 46.3 Å². The van der Waals surface area contributed by atoms with Crippen molar-refractivity contribution in [3.8, 4) is 11.5 Å². The first-order valence-corrected chi connectivity index (χ1v) is 5.80. The summed E-state index contributed by atoms with van der Waals surface area (Å²) in [4.78, 5) is 15.8. The van der Waals surface area contributed by atoms with Crippen LogP contribution < -0.4 is 5.32 Å². The van der Waals surface area contributed by atoms with Crippen molar-refractivity contribution in [3.63, 3.8) is 0 Å². The van der Waals surface area contributed by atoms with Gasteiger partial charge in [0.05, 0.1) is 11.9 Å². The van der Waals surface area contributed by atoms with E-state index in [0.717, 1.165) is 0 Å². The highest BCUT2D eigenvalue weighted by Gasteiger charge is 2.09. The average Bonchev–Trinajstić information content (AvgIpc) is 2.35. The van der Waals surface area contributed by atoms with Gasteiger partial charge in [0.25, 0.3) is 5.91 Å². The van der Waals surface area contributed by atoms with Crippen LogP contribution in [-0.2, 0) is 0 Å². The van der Waals surface area contributed by atoms with Crippen molar-refractivity contribution in [2.45, 2.75) is 0 Å². The topological polar surface area (TPSA) is 82.5 Å². The molecule has 5 nitrogen and oxygen atoms in total. The molecule has 1 amide bonds. The number of phenols is 2. The number of nitrogens with one attached hydrogen (secondary N) is 1. The number of rotatable bonds is 2. The van der Waals surface area contributed by atoms with Gasteiger partial charge in [-0.25, -0.2) is 4.98 Å². The van der Waals surface area contributed by atoms with Gasteiger partial charge in [0.15, 0.2) is 11.5 Å². The van der Waals surface area contributed by atoms with Crippen LogP contribution in [0.2, 0.25) is 0 Å². The number of hydrogen-bond acceptors (Lipinski definition) is 4. The summed E-state index contributed by atoms with van der Waals surface area (Å²) in [6, 6.07) is 7.25. The van der Waals surface area contributed by atoms with Gasteiger partial charge in [0, 0.05) is 5.56 Å². The zero-order chi connectivity index (χ0) is 13.1. The summed E-state index contributed by atoms with van der Waals surface area (Å²) in [5, 5.41) is 21.1. The molecular formula is C12H9BrN2O3. The summed E-state index contributed by atoms with van der Waals surface area (Å²) >= 11 is 3.19. The van der Waals surface area contributed by atoms with Crippen LogP contribution in [0.3, 0.4) is 0 Å². The van der Waals surface area contributed by atoms with Gasteiger partial charge in [0.2, 0.25) is 0 Å². The van der Waals surface area contributed by atoms with Gasteiger partial charge in [-0.1, -0.05) is 0 Å². The molecule has 0 saturated carbocycles. The van der Waals surface area contributed by atoms with Crippen LogP contribution >= 0.6 is 15.9 Å². The van der Waals surface area contributed by atoms with Gasteiger partial charge in [0.1, 0.15) is 4.60 Å². The molecule has 2 aromatic rings. The van der Waals surface area contributed by atoms with E-state index in [-0.39, 0.29) is 17.1 Å². The quantitative estimate of drug-likeness (QED) is 0.588. The van der Waals surface area contributed by atoms with E-state index in [0.29, 0.717) is 10.3 Å². The Labute approximate surface area is 111 Å². The van der Waals surface area contributed by atoms with Crippen molar-refractivity contribution in [2.75, 3.05) is 5.32 Å². The number of aromatic nitrogens is 1. The Morgan fingerprint density at radius 2 is 1.94 bits per heavy atom. The normalized spacial score (nSPS) is 10.1. The maximum Gasteiger partial charge on any atom is 0.255 e. The molecule has 0 aliphatic carbocycles. The summed E-state index contributed by atoms with van der Waals surface area (Å²) in [6.45, 7) is 0. The van der Waals surface area contributed by atoms with E-state index in [1.165, 1.54) is 24.4 Å². The molecule has 2 rings (SSSR count). The minimum atomic E-state index is -0.394. The van der Waals surface area contributed by atoms with Crippen molar-refractivity contribution in [2.24, 2.45) is 0 Å². The van der Waals surface area contributed by atoms with E-state index >= 15 is 0 Å². The van der Waals surface area contributed by atoms with E-state index in [1.807, 2.05) is 0 Å². The molecule has 0 fully saturated rings. The molecule has 1 heterocycles. The molecule has 3 N–H and O–H groups in total. The Hall–Kier alpha value is -2.08. The monoisotopic (exact) mass is 308 g/mol. The van der Waals surface area contributed by atoms with Crippen LogP contribution in [0.25, 0.3) is 0 Å². The number of benzene rings is 1. The van der Waals surface area contributed by atoms with Crippen molar-refractivity contribution in [1.29, 1.82) is 0 Å². The molecule has 1 aromatic carbocycles. The fraction of sp³-hybridized carbons (Fsp3) is 0. The molecule has 0 radical (unpaired) electrons. The second kappa shape index (κ2) is 5.05. The lowest BCUT2D eigenvalue weighted by Gasteiger charge is -2.05. The van der Waals surface area contributed by atoms with Crippen LogP contribution in [0, 0.1) is 0 Å². The summed E-state index contributed by atoms with van der Waals surface area (Å²) in [6.07, 6.45) is 1.50. The minimum absolute atomic E-state index is 0.244. The number of pyridine rings is 1.